The Balaban J connectivity index is 1.95. The highest BCUT2D eigenvalue weighted by molar-refractivity contribution is 5.67. The number of aryl methyl sites for hydroxylation is 1. The van der Waals surface area contributed by atoms with Crippen LogP contribution in [0.4, 0.5) is 0 Å². The maximum absolute atomic E-state index is 10.4. The van der Waals surface area contributed by atoms with Crippen LogP contribution in [0.15, 0.2) is 24.3 Å². The van der Waals surface area contributed by atoms with E-state index in [9.17, 15) is 4.79 Å². The molecule has 0 aliphatic carbocycles. The number of hydrogen-bond donors (Lipinski definition) is 2. The zero-order valence-electron chi connectivity index (χ0n) is 9.28. The summed E-state index contributed by atoms with van der Waals surface area (Å²) in [5.41, 5.74) is 2.42. The average Bonchev–Trinajstić information content (AvgIpc) is 2.80. The first-order chi connectivity index (χ1) is 7.75. The Morgan fingerprint density at radius 2 is 2.12 bits per heavy atom. The van der Waals surface area contributed by atoms with E-state index in [0.717, 1.165) is 12.1 Å². The SMILES string of the molecule is O=C(O)CCc1ccc([C@H]2CCCN2)cc1. The standard InChI is InChI=1S/C13H17NO2/c15-13(16)8-5-10-3-6-11(7-4-10)12-2-1-9-14-12/h3-4,6-7,12,14H,1-2,5,8-9H2,(H,15,16)/t12-/m1/s1. The lowest BCUT2D eigenvalue weighted by atomic mass is 10.0. The minimum absolute atomic E-state index is 0.209. The lowest BCUT2D eigenvalue weighted by Crippen LogP contribution is -2.12. The number of rotatable bonds is 4. The molecule has 0 spiro atoms. The number of benzene rings is 1. The van der Waals surface area contributed by atoms with Crippen molar-refractivity contribution in [2.45, 2.75) is 31.7 Å². The number of nitrogens with one attached hydrogen (secondary N) is 1. The summed E-state index contributed by atoms with van der Waals surface area (Å²) in [5, 5.41) is 12.0. The molecule has 1 aliphatic heterocycles. The van der Waals surface area contributed by atoms with Crippen LogP contribution in [0.1, 0.15) is 36.4 Å². The zero-order chi connectivity index (χ0) is 11.4. The fourth-order valence-corrected chi connectivity index (χ4v) is 2.14. The van der Waals surface area contributed by atoms with E-state index in [-0.39, 0.29) is 6.42 Å². The van der Waals surface area contributed by atoms with Gasteiger partial charge in [-0.05, 0) is 36.9 Å². The summed E-state index contributed by atoms with van der Waals surface area (Å²) in [6, 6.07) is 8.80. The van der Waals surface area contributed by atoms with Gasteiger partial charge in [0.05, 0.1) is 0 Å². The van der Waals surface area contributed by atoms with Crippen molar-refractivity contribution in [3.8, 4) is 0 Å². The van der Waals surface area contributed by atoms with Gasteiger partial charge in [0.1, 0.15) is 0 Å². The predicted molar refractivity (Wildman–Crippen MR) is 62.4 cm³/mol. The Labute approximate surface area is 95.5 Å². The van der Waals surface area contributed by atoms with E-state index in [1.165, 1.54) is 18.4 Å². The highest BCUT2D eigenvalue weighted by atomic mass is 16.4. The Hall–Kier alpha value is -1.35. The number of hydrogen-bond acceptors (Lipinski definition) is 2. The lowest BCUT2D eigenvalue weighted by molar-refractivity contribution is -0.136. The fourth-order valence-electron chi connectivity index (χ4n) is 2.14. The van der Waals surface area contributed by atoms with Gasteiger partial charge in [-0.2, -0.15) is 0 Å². The molecular formula is C13H17NO2. The fraction of sp³-hybridized carbons (Fsp3) is 0.462. The number of carboxylic acids is 1. The number of carboxylic acid groups (broad SMARTS) is 1. The number of carbonyl (C=O) groups is 1. The third kappa shape index (κ3) is 2.83. The molecule has 1 atom stereocenters. The maximum atomic E-state index is 10.4. The molecule has 0 unspecified atom stereocenters. The molecule has 0 bridgehead atoms. The van der Waals surface area contributed by atoms with E-state index in [1.807, 2.05) is 12.1 Å². The minimum Gasteiger partial charge on any atom is -0.481 e. The largest absolute Gasteiger partial charge is 0.481 e. The van der Waals surface area contributed by atoms with Crippen LogP contribution in [0, 0.1) is 0 Å². The van der Waals surface area contributed by atoms with Crippen molar-refractivity contribution < 1.29 is 9.90 Å². The van der Waals surface area contributed by atoms with E-state index in [4.69, 9.17) is 5.11 Å². The van der Waals surface area contributed by atoms with Gasteiger partial charge in [-0.15, -0.1) is 0 Å². The van der Waals surface area contributed by atoms with Gasteiger partial charge < -0.3 is 10.4 Å². The van der Waals surface area contributed by atoms with Gasteiger partial charge in [-0.25, -0.2) is 0 Å². The van der Waals surface area contributed by atoms with E-state index in [2.05, 4.69) is 17.4 Å². The average molecular weight is 219 g/mol. The quantitative estimate of drug-likeness (QED) is 0.815. The normalized spacial score (nSPS) is 19.9. The summed E-state index contributed by atoms with van der Waals surface area (Å²) >= 11 is 0. The Morgan fingerprint density at radius 1 is 1.38 bits per heavy atom. The van der Waals surface area contributed by atoms with Crippen molar-refractivity contribution in [1.29, 1.82) is 0 Å². The van der Waals surface area contributed by atoms with Crippen LogP contribution < -0.4 is 5.32 Å². The van der Waals surface area contributed by atoms with Gasteiger partial charge in [0, 0.05) is 12.5 Å². The van der Waals surface area contributed by atoms with Gasteiger partial charge in [0.25, 0.3) is 0 Å². The monoisotopic (exact) mass is 219 g/mol. The van der Waals surface area contributed by atoms with E-state index in [1.54, 1.807) is 0 Å². The molecule has 0 saturated carbocycles. The van der Waals surface area contributed by atoms with Crippen molar-refractivity contribution in [1.82, 2.24) is 5.32 Å². The Bertz CT molecular complexity index is 353. The topological polar surface area (TPSA) is 49.3 Å². The second-order valence-corrected chi connectivity index (χ2v) is 4.28. The maximum Gasteiger partial charge on any atom is 0.303 e. The van der Waals surface area contributed by atoms with Crippen LogP contribution in [0.2, 0.25) is 0 Å². The summed E-state index contributed by atoms with van der Waals surface area (Å²) in [7, 11) is 0. The van der Waals surface area contributed by atoms with Crippen LogP contribution >= 0.6 is 0 Å². The van der Waals surface area contributed by atoms with E-state index >= 15 is 0 Å². The first-order valence-electron chi connectivity index (χ1n) is 5.80. The third-order valence-corrected chi connectivity index (χ3v) is 3.07. The van der Waals surface area contributed by atoms with Crippen molar-refractivity contribution in [3.63, 3.8) is 0 Å². The molecule has 2 N–H and O–H groups in total. The van der Waals surface area contributed by atoms with Gasteiger partial charge >= 0.3 is 5.97 Å². The molecule has 0 amide bonds. The van der Waals surface area contributed by atoms with Crippen LogP contribution in [-0.2, 0) is 11.2 Å². The first kappa shape index (κ1) is 11.1. The van der Waals surface area contributed by atoms with Gasteiger partial charge in [-0.3, -0.25) is 4.79 Å². The molecule has 1 aliphatic rings. The van der Waals surface area contributed by atoms with Crippen molar-refractivity contribution in [3.05, 3.63) is 35.4 Å². The molecule has 2 rings (SSSR count). The van der Waals surface area contributed by atoms with Crippen LogP contribution in [0.5, 0.6) is 0 Å². The van der Waals surface area contributed by atoms with Gasteiger partial charge in [0.2, 0.25) is 0 Å². The lowest BCUT2D eigenvalue weighted by Gasteiger charge is -2.10. The summed E-state index contributed by atoms with van der Waals surface area (Å²) in [5.74, 6) is -0.735. The molecule has 0 aromatic heterocycles. The van der Waals surface area contributed by atoms with Crippen LogP contribution in [-0.4, -0.2) is 17.6 Å². The van der Waals surface area contributed by atoms with Crippen LogP contribution in [0.25, 0.3) is 0 Å². The molecule has 1 aromatic carbocycles. The molecule has 1 fully saturated rings. The second kappa shape index (κ2) is 5.12. The molecule has 3 nitrogen and oxygen atoms in total. The number of aliphatic carboxylic acids is 1. The minimum atomic E-state index is -0.735. The second-order valence-electron chi connectivity index (χ2n) is 4.28. The summed E-state index contributed by atoms with van der Waals surface area (Å²) < 4.78 is 0. The third-order valence-electron chi connectivity index (χ3n) is 3.07. The highest BCUT2D eigenvalue weighted by Gasteiger charge is 2.15. The van der Waals surface area contributed by atoms with Crippen molar-refractivity contribution in [2.24, 2.45) is 0 Å². The van der Waals surface area contributed by atoms with Crippen molar-refractivity contribution >= 4 is 5.97 Å². The van der Waals surface area contributed by atoms with Gasteiger partial charge in [-0.1, -0.05) is 24.3 Å². The molecule has 1 saturated heterocycles. The Kier molecular flexibility index (Phi) is 3.57. The highest BCUT2D eigenvalue weighted by Crippen LogP contribution is 2.23. The van der Waals surface area contributed by atoms with E-state index in [0.29, 0.717) is 12.5 Å². The molecular weight excluding hydrogens is 202 g/mol. The van der Waals surface area contributed by atoms with E-state index < -0.39 is 5.97 Å². The summed E-state index contributed by atoms with van der Waals surface area (Å²) in [4.78, 5) is 10.4. The Morgan fingerprint density at radius 3 is 2.69 bits per heavy atom. The molecule has 1 aromatic rings. The van der Waals surface area contributed by atoms with Crippen molar-refractivity contribution in [2.75, 3.05) is 6.54 Å². The molecule has 16 heavy (non-hydrogen) atoms. The predicted octanol–water partition coefficient (Wildman–Crippen LogP) is 2.13. The smallest absolute Gasteiger partial charge is 0.303 e. The summed E-state index contributed by atoms with van der Waals surface area (Å²) in [6.07, 6.45) is 3.27. The molecule has 86 valence electrons. The summed E-state index contributed by atoms with van der Waals surface area (Å²) in [6.45, 7) is 1.10. The molecule has 0 radical (unpaired) electrons. The first-order valence-corrected chi connectivity index (χ1v) is 5.80. The molecule has 1 heterocycles. The van der Waals surface area contributed by atoms with Gasteiger partial charge in [0.15, 0.2) is 0 Å². The molecule has 3 heteroatoms. The van der Waals surface area contributed by atoms with Crippen LogP contribution in [0.3, 0.4) is 0 Å². The zero-order valence-corrected chi connectivity index (χ0v) is 9.28.